The van der Waals surface area contributed by atoms with Gasteiger partial charge in [-0.2, -0.15) is 0 Å². The van der Waals surface area contributed by atoms with Crippen molar-refractivity contribution < 1.29 is 23.1 Å². The average Bonchev–Trinajstić information content (AvgIpc) is 2.69. The standard InChI is InChI=1S/C11H15F2NO3/c1-5(15)9(14-10(16)17-2)6-3-7-8(4-6)11(7,12)13/h6-9H,3-4H2,1-2H3,(H,14,16). The van der Waals surface area contributed by atoms with E-state index in [1.165, 1.54) is 14.0 Å². The number of alkyl carbamates (subject to hydrolysis) is 1. The third kappa shape index (κ3) is 2.00. The number of amides is 1. The normalized spacial score (nSPS) is 34.7. The molecule has 2 saturated carbocycles. The van der Waals surface area contributed by atoms with Gasteiger partial charge in [-0.15, -0.1) is 0 Å². The van der Waals surface area contributed by atoms with Crippen molar-refractivity contribution >= 4 is 11.9 Å². The van der Waals surface area contributed by atoms with Crippen molar-refractivity contribution in [2.24, 2.45) is 17.8 Å². The minimum atomic E-state index is -2.55. The Bertz CT molecular complexity index is 345. The van der Waals surface area contributed by atoms with Crippen molar-refractivity contribution in [1.82, 2.24) is 5.32 Å². The van der Waals surface area contributed by atoms with Gasteiger partial charge in [-0.3, -0.25) is 4.79 Å². The van der Waals surface area contributed by atoms with Gasteiger partial charge in [0.15, 0.2) is 5.78 Å². The van der Waals surface area contributed by atoms with Crippen molar-refractivity contribution in [3.05, 3.63) is 0 Å². The number of carbonyl (C=O) groups excluding carboxylic acids is 2. The van der Waals surface area contributed by atoms with Gasteiger partial charge in [0.25, 0.3) is 5.92 Å². The van der Waals surface area contributed by atoms with Gasteiger partial charge < -0.3 is 10.1 Å². The van der Waals surface area contributed by atoms with E-state index in [1.807, 2.05) is 0 Å². The summed E-state index contributed by atoms with van der Waals surface area (Å²) in [6, 6.07) is -0.703. The number of rotatable bonds is 3. The molecular formula is C11H15F2NO3. The number of ether oxygens (including phenoxy) is 1. The summed E-state index contributed by atoms with van der Waals surface area (Å²) in [5.74, 6) is -4.17. The molecule has 0 aromatic heterocycles. The van der Waals surface area contributed by atoms with E-state index in [0.29, 0.717) is 12.8 Å². The Labute approximate surface area is 97.7 Å². The third-order valence-electron chi connectivity index (χ3n) is 3.85. The average molecular weight is 247 g/mol. The van der Waals surface area contributed by atoms with Crippen molar-refractivity contribution in [1.29, 1.82) is 0 Å². The molecule has 96 valence electrons. The zero-order chi connectivity index (χ0) is 12.8. The number of carbonyl (C=O) groups is 2. The molecule has 0 radical (unpaired) electrons. The van der Waals surface area contributed by atoms with E-state index in [2.05, 4.69) is 10.1 Å². The van der Waals surface area contributed by atoms with Gasteiger partial charge in [0.2, 0.25) is 0 Å². The van der Waals surface area contributed by atoms with Crippen molar-refractivity contribution in [3.63, 3.8) is 0 Å². The fourth-order valence-corrected chi connectivity index (χ4v) is 2.86. The van der Waals surface area contributed by atoms with Crippen molar-refractivity contribution in [2.75, 3.05) is 7.11 Å². The highest BCUT2D eigenvalue weighted by Crippen LogP contribution is 2.66. The Kier molecular flexibility index (Phi) is 2.83. The second-order valence-corrected chi connectivity index (χ2v) is 4.84. The number of ketones is 1. The number of fused-ring (bicyclic) bond motifs is 1. The molecule has 0 heterocycles. The lowest BCUT2D eigenvalue weighted by Crippen LogP contribution is -2.45. The van der Waals surface area contributed by atoms with Gasteiger partial charge >= 0.3 is 6.09 Å². The molecule has 0 aromatic rings. The molecule has 2 fully saturated rings. The summed E-state index contributed by atoms with van der Waals surface area (Å²) >= 11 is 0. The first kappa shape index (κ1) is 12.3. The largest absolute Gasteiger partial charge is 0.453 e. The molecule has 0 bridgehead atoms. The van der Waals surface area contributed by atoms with E-state index in [4.69, 9.17) is 0 Å². The lowest BCUT2D eigenvalue weighted by Gasteiger charge is -2.23. The Hall–Kier alpha value is -1.20. The highest BCUT2D eigenvalue weighted by atomic mass is 19.3. The van der Waals surface area contributed by atoms with Crippen molar-refractivity contribution in [3.8, 4) is 0 Å². The Morgan fingerprint density at radius 1 is 1.35 bits per heavy atom. The molecule has 1 N–H and O–H groups in total. The van der Waals surface area contributed by atoms with Crippen LogP contribution < -0.4 is 5.32 Å². The summed E-state index contributed by atoms with van der Waals surface area (Å²) in [6.45, 7) is 1.35. The van der Waals surface area contributed by atoms with E-state index < -0.39 is 29.9 Å². The van der Waals surface area contributed by atoms with Gasteiger partial charge in [-0.05, 0) is 25.7 Å². The highest BCUT2D eigenvalue weighted by molar-refractivity contribution is 5.85. The van der Waals surface area contributed by atoms with E-state index >= 15 is 0 Å². The number of nitrogens with one attached hydrogen (secondary N) is 1. The summed E-state index contributed by atoms with van der Waals surface area (Å²) in [5, 5.41) is 2.42. The number of hydrogen-bond donors (Lipinski definition) is 1. The van der Waals surface area contributed by atoms with E-state index in [-0.39, 0.29) is 11.7 Å². The zero-order valence-corrected chi connectivity index (χ0v) is 9.70. The van der Waals surface area contributed by atoms with Gasteiger partial charge in [0, 0.05) is 11.8 Å². The molecule has 0 saturated heterocycles. The van der Waals surface area contributed by atoms with Crippen LogP contribution in [0.4, 0.5) is 13.6 Å². The van der Waals surface area contributed by atoms with Crippen LogP contribution in [-0.2, 0) is 9.53 Å². The first-order chi connectivity index (χ1) is 7.87. The molecule has 4 nitrogen and oxygen atoms in total. The maximum Gasteiger partial charge on any atom is 0.407 e. The van der Waals surface area contributed by atoms with Crippen LogP contribution in [0.1, 0.15) is 19.8 Å². The fourth-order valence-electron chi connectivity index (χ4n) is 2.86. The second kappa shape index (κ2) is 3.92. The summed E-state index contributed by atoms with van der Waals surface area (Å²) in [4.78, 5) is 22.5. The molecular weight excluding hydrogens is 232 g/mol. The fraction of sp³-hybridized carbons (Fsp3) is 0.818. The summed E-state index contributed by atoms with van der Waals surface area (Å²) in [6.07, 6.45) is -0.102. The van der Waals surface area contributed by atoms with Crippen LogP contribution in [0.5, 0.6) is 0 Å². The van der Waals surface area contributed by atoms with Gasteiger partial charge in [0.05, 0.1) is 13.2 Å². The second-order valence-electron chi connectivity index (χ2n) is 4.84. The van der Waals surface area contributed by atoms with Crippen LogP contribution in [0.2, 0.25) is 0 Å². The first-order valence-corrected chi connectivity index (χ1v) is 5.60. The maximum atomic E-state index is 13.0. The molecule has 6 heteroatoms. The number of halogens is 2. The lowest BCUT2D eigenvalue weighted by atomic mass is 9.91. The lowest BCUT2D eigenvalue weighted by molar-refractivity contribution is -0.120. The van der Waals surface area contributed by atoms with Crippen LogP contribution in [0.25, 0.3) is 0 Å². The molecule has 3 atom stereocenters. The van der Waals surface area contributed by atoms with Crippen LogP contribution in [0, 0.1) is 17.8 Å². The Morgan fingerprint density at radius 3 is 2.29 bits per heavy atom. The monoisotopic (exact) mass is 247 g/mol. The van der Waals surface area contributed by atoms with E-state index in [0.717, 1.165) is 0 Å². The molecule has 0 aliphatic heterocycles. The van der Waals surface area contributed by atoms with E-state index in [9.17, 15) is 18.4 Å². The molecule has 17 heavy (non-hydrogen) atoms. The zero-order valence-electron chi connectivity index (χ0n) is 9.70. The first-order valence-electron chi connectivity index (χ1n) is 5.60. The molecule has 2 aliphatic carbocycles. The molecule has 0 aromatic carbocycles. The minimum absolute atomic E-state index is 0.193. The summed E-state index contributed by atoms with van der Waals surface area (Å²) < 4.78 is 30.4. The Balaban J connectivity index is 1.96. The quantitative estimate of drug-likeness (QED) is 0.824. The minimum Gasteiger partial charge on any atom is -0.453 e. The molecule has 1 amide bonds. The predicted molar refractivity (Wildman–Crippen MR) is 54.7 cm³/mol. The molecule has 3 unspecified atom stereocenters. The smallest absolute Gasteiger partial charge is 0.407 e. The molecule has 2 aliphatic rings. The van der Waals surface area contributed by atoms with Gasteiger partial charge in [-0.1, -0.05) is 0 Å². The van der Waals surface area contributed by atoms with Crippen molar-refractivity contribution in [2.45, 2.75) is 31.7 Å². The van der Waals surface area contributed by atoms with Crippen LogP contribution in [0.15, 0.2) is 0 Å². The van der Waals surface area contributed by atoms with Gasteiger partial charge in [-0.25, -0.2) is 13.6 Å². The summed E-state index contributed by atoms with van der Waals surface area (Å²) in [7, 11) is 1.20. The molecule has 2 rings (SSSR count). The van der Waals surface area contributed by atoms with Crippen LogP contribution in [0.3, 0.4) is 0 Å². The van der Waals surface area contributed by atoms with Gasteiger partial charge in [0.1, 0.15) is 0 Å². The van der Waals surface area contributed by atoms with Crippen LogP contribution >= 0.6 is 0 Å². The Morgan fingerprint density at radius 2 is 1.88 bits per heavy atom. The number of hydrogen-bond acceptors (Lipinski definition) is 3. The number of alkyl halides is 2. The number of Topliss-reactive ketones (excluding diaryl/α,β-unsaturated/α-hetero) is 1. The maximum absolute atomic E-state index is 13.0. The summed E-state index contributed by atoms with van der Waals surface area (Å²) in [5.41, 5.74) is 0. The van der Waals surface area contributed by atoms with Crippen LogP contribution in [-0.4, -0.2) is 31.0 Å². The highest BCUT2D eigenvalue weighted by Gasteiger charge is 2.72. The SMILES string of the molecule is COC(=O)NC(C(C)=O)C1CC2C(C1)C2(F)F. The molecule has 0 spiro atoms. The van der Waals surface area contributed by atoms with E-state index in [1.54, 1.807) is 0 Å². The number of methoxy groups -OCH3 is 1. The third-order valence-corrected chi connectivity index (χ3v) is 3.85. The topological polar surface area (TPSA) is 55.4 Å². The predicted octanol–water partition coefficient (Wildman–Crippen LogP) is 1.59.